The number of carbonyl (C=O) groups excluding carboxylic acids is 2. The predicted octanol–water partition coefficient (Wildman–Crippen LogP) is 4.22. The average molecular weight is 574 g/mol. The Balaban J connectivity index is 0.00000267. The smallest absolute Gasteiger partial charge is 0.316 e. The molecule has 0 bridgehead atoms. The van der Waals surface area contributed by atoms with Crippen LogP contribution < -0.4 is 21.1 Å². The van der Waals surface area contributed by atoms with E-state index in [4.69, 9.17) is 27.0 Å². The van der Waals surface area contributed by atoms with Gasteiger partial charge in [-0.2, -0.15) is 0 Å². The number of nitrogen functional groups attached to an aromatic ring is 1. The molecule has 0 spiro atoms. The Morgan fingerprint density at radius 2 is 1.59 bits per heavy atom. The summed E-state index contributed by atoms with van der Waals surface area (Å²) in [6.07, 6.45) is 2.46. The van der Waals surface area contributed by atoms with E-state index in [0.717, 1.165) is 48.7 Å². The Kier molecular flexibility index (Phi) is 11.1. The van der Waals surface area contributed by atoms with Crippen molar-refractivity contribution in [3.63, 3.8) is 0 Å². The zero-order valence-electron chi connectivity index (χ0n) is 21.7. The van der Waals surface area contributed by atoms with Crippen molar-refractivity contribution < 1.29 is 14.3 Å². The molecule has 3 aromatic carbocycles. The number of nitrogens with zero attached hydrogens (tertiary/aromatic N) is 2. The van der Waals surface area contributed by atoms with E-state index in [9.17, 15) is 9.59 Å². The summed E-state index contributed by atoms with van der Waals surface area (Å²) in [5.41, 5.74) is 12.9. The first-order valence-corrected chi connectivity index (χ1v) is 12.3. The quantitative estimate of drug-likeness (QED) is 0.190. The summed E-state index contributed by atoms with van der Waals surface area (Å²) in [6.45, 7) is 3.74. The van der Waals surface area contributed by atoms with Crippen LogP contribution in [0.3, 0.4) is 0 Å². The first-order valence-electron chi connectivity index (χ1n) is 12.3. The minimum Gasteiger partial charge on any atom is -0.490 e. The number of ether oxygens (including phenoxy) is 1. The molecule has 0 atom stereocenters. The number of benzene rings is 3. The van der Waals surface area contributed by atoms with Gasteiger partial charge in [0.05, 0.1) is 12.4 Å². The van der Waals surface area contributed by atoms with Crippen molar-refractivity contribution in [2.24, 2.45) is 11.5 Å². The SMILES string of the molecule is CCC(=N)N1CCC(Oc2ccc(N(Cc3ccc4ccc(C(=N)N)cc4c3)C(=O)C(N)=O)cc2)CC1.Cl.Cl. The Morgan fingerprint density at radius 1 is 0.949 bits per heavy atom. The molecule has 1 fully saturated rings. The van der Waals surface area contributed by atoms with Crippen LogP contribution in [0.5, 0.6) is 5.75 Å². The summed E-state index contributed by atoms with van der Waals surface area (Å²) >= 11 is 0. The van der Waals surface area contributed by atoms with Gasteiger partial charge >= 0.3 is 11.8 Å². The maximum atomic E-state index is 12.7. The molecule has 208 valence electrons. The summed E-state index contributed by atoms with van der Waals surface area (Å²) < 4.78 is 6.14. The van der Waals surface area contributed by atoms with E-state index in [1.54, 1.807) is 30.3 Å². The van der Waals surface area contributed by atoms with Gasteiger partial charge in [-0.15, -0.1) is 24.8 Å². The van der Waals surface area contributed by atoms with Gasteiger partial charge in [0.1, 0.15) is 17.7 Å². The molecule has 0 radical (unpaired) electrons. The molecule has 0 aromatic heterocycles. The fourth-order valence-corrected chi connectivity index (χ4v) is 4.52. The Hall–Kier alpha value is -3.82. The molecule has 4 rings (SSSR count). The number of rotatable bonds is 7. The summed E-state index contributed by atoms with van der Waals surface area (Å²) in [6, 6.07) is 18.3. The van der Waals surface area contributed by atoms with Gasteiger partial charge in [-0.25, -0.2) is 0 Å². The number of piperidine rings is 1. The van der Waals surface area contributed by atoms with Crippen molar-refractivity contribution >= 4 is 64.8 Å². The molecule has 39 heavy (non-hydrogen) atoms. The van der Waals surface area contributed by atoms with Gasteiger partial charge in [0, 0.05) is 43.6 Å². The number of likely N-dealkylation sites (tertiary alicyclic amines) is 1. The van der Waals surface area contributed by atoms with Crippen LogP contribution in [-0.2, 0) is 16.1 Å². The monoisotopic (exact) mass is 572 g/mol. The third-order valence-corrected chi connectivity index (χ3v) is 6.62. The van der Waals surface area contributed by atoms with Crippen molar-refractivity contribution in [1.82, 2.24) is 4.90 Å². The van der Waals surface area contributed by atoms with Gasteiger partial charge in [-0.05, 0) is 52.7 Å². The van der Waals surface area contributed by atoms with E-state index < -0.39 is 11.8 Å². The van der Waals surface area contributed by atoms with Crippen molar-refractivity contribution in [3.8, 4) is 5.75 Å². The lowest BCUT2D eigenvalue weighted by Crippen LogP contribution is -2.41. The highest BCUT2D eigenvalue weighted by atomic mass is 35.5. The van der Waals surface area contributed by atoms with Crippen LogP contribution in [-0.4, -0.2) is 47.6 Å². The number of halogens is 2. The fourth-order valence-electron chi connectivity index (χ4n) is 4.52. The third-order valence-electron chi connectivity index (χ3n) is 6.62. The molecule has 0 saturated carbocycles. The minimum absolute atomic E-state index is 0. The molecule has 6 N–H and O–H groups in total. The van der Waals surface area contributed by atoms with Gasteiger partial charge < -0.3 is 21.1 Å². The Labute approximate surface area is 240 Å². The number of nitrogens with one attached hydrogen (secondary N) is 2. The molecule has 11 heteroatoms. The first kappa shape index (κ1) is 31.4. The van der Waals surface area contributed by atoms with Crippen molar-refractivity contribution in [2.45, 2.75) is 38.8 Å². The van der Waals surface area contributed by atoms with E-state index in [1.807, 2.05) is 37.3 Å². The van der Waals surface area contributed by atoms with Crippen LogP contribution in [0.2, 0.25) is 0 Å². The first-order chi connectivity index (χ1) is 17.7. The van der Waals surface area contributed by atoms with Crippen LogP contribution in [0.1, 0.15) is 37.3 Å². The normalized spacial score (nSPS) is 13.1. The number of anilines is 1. The van der Waals surface area contributed by atoms with Crippen molar-refractivity contribution in [3.05, 3.63) is 71.8 Å². The number of hydrogen-bond acceptors (Lipinski definition) is 5. The lowest BCUT2D eigenvalue weighted by molar-refractivity contribution is -0.135. The molecular formula is C28H34Cl2N6O3. The number of fused-ring (bicyclic) bond motifs is 1. The molecule has 2 amide bonds. The molecule has 0 aliphatic carbocycles. The second-order valence-electron chi connectivity index (χ2n) is 9.16. The van der Waals surface area contributed by atoms with E-state index in [0.29, 0.717) is 22.8 Å². The molecule has 0 unspecified atom stereocenters. The molecule has 1 saturated heterocycles. The number of amidine groups is 2. The zero-order valence-corrected chi connectivity index (χ0v) is 23.3. The Bertz CT molecular complexity index is 1340. The van der Waals surface area contributed by atoms with Gasteiger partial charge in [0.25, 0.3) is 0 Å². The predicted molar refractivity (Wildman–Crippen MR) is 160 cm³/mol. The van der Waals surface area contributed by atoms with Gasteiger partial charge in [-0.3, -0.25) is 25.3 Å². The summed E-state index contributed by atoms with van der Waals surface area (Å²) in [4.78, 5) is 28.0. The molecule has 1 aliphatic rings. The van der Waals surface area contributed by atoms with E-state index in [2.05, 4.69) is 4.90 Å². The molecule has 1 heterocycles. The fraction of sp³-hybridized carbons (Fsp3) is 0.286. The van der Waals surface area contributed by atoms with Crippen molar-refractivity contribution in [2.75, 3.05) is 18.0 Å². The van der Waals surface area contributed by atoms with Crippen LogP contribution in [0.15, 0.2) is 60.7 Å². The number of hydrogen-bond donors (Lipinski definition) is 4. The molecule has 3 aromatic rings. The van der Waals surface area contributed by atoms with Crippen LogP contribution >= 0.6 is 24.8 Å². The standard InChI is InChI=1S/C28H32N6O3.2ClH/c1-2-25(29)33-13-11-24(12-14-33)37-23-9-7-22(8-10-23)34(28(36)27(32)35)17-18-3-4-19-5-6-20(26(30)31)16-21(19)15-18;;/h3-10,15-16,24,29H,2,11-14,17H2,1H3,(H3,30,31)(H2,32,35);2*1H. The highest BCUT2D eigenvalue weighted by Crippen LogP contribution is 2.26. The molecular weight excluding hydrogens is 539 g/mol. The third kappa shape index (κ3) is 7.61. The van der Waals surface area contributed by atoms with E-state index >= 15 is 0 Å². The Morgan fingerprint density at radius 3 is 2.18 bits per heavy atom. The van der Waals surface area contributed by atoms with Gasteiger partial charge in [0.15, 0.2) is 0 Å². The second kappa shape index (κ2) is 13.8. The van der Waals surface area contributed by atoms with E-state index in [1.165, 1.54) is 4.90 Å². The van der Waals surface area contributed by atoms with E-state index in [-0.39, 0.29) is 43.3 Å². The van der Waals surface area contributed by atoms with Crippen LogP contribution in [0, 0.1) is 10.8 Å². The minimum atomic E-state index is -1.04. The number of amides is 2. The van der Waals surface area contributed by atoms with Gasteiger partial charge in [0.2, 0.25) is 0 Å². The lowest BCUT2D eigenvalue weighted by atomic mass is 10.0. The van der Waals surface area contributed by atoms with Crippen LogP contribution in [0.4, 0.5) is 5.69 Å². The molecule has 9 nitrogen and oxygen atoms in total. The van der Waals surface area contributed by atoms with Crippen LogP contribution in [0.25, 0.3) is 10.8 Å². The summed E-state index contributed by atoms with van der Waals surface area (Å²) in [5.74, 6) is -0.526. The summed E-state index contributed by atoms with van der Waals surface area (Å²) in [7, 11) is 0. The highest BCUT2D eigenvalue weighted by molar-refractivity contribution is 6.39. The second-order valence-corrected chi connectivity index (χ2v) is 9.16. The lowest BCUT2D eigenvalue weighted by Gasteiger charge is -2.33. The maximum Gasteiger partial charge on any atom is 0.316 e. The maximum absolute atomic E-state index is 12.7. The zero-order chi connectivity index (χ0) is 26.5. The number of nitrogens with two attached hydrogens (primary N) is 2. The number of primary amides is 1. The average Bonchev–Trinajstić information content (AvgIpc) is 2.91. The van der Waals surface area contributed by atoms with Gasteiger partial charge in [-0.1, -0.05) is 31.2 Å². The highest BCUT2D eigenvalue weighted by Gasteiger charge is 2.23. The summed E-state index contributed by atoms with van der Waals surface area (Å²) in [5, 5.41) is 17.5. The topological polar surface area (TPSA) is 150 Å². The largest absolute Gasteiger partial charge is 0.490 e. The molecule has 1 aliphatic heterocycles. The number of carbonyl (C=O) groups is 2. The van der Waals surface area contributed by atoms with Crippen molar-refractivity contribution in [1.29, 1.82) is 10.8 Å².